The molecule has 0 atom stereocenters. The number of ether oxygens (including phenoxy) is 1. The fourth-order valence-electron chi connectivity index (χ4n) is 1.67. The van der Waals surface area contributed by atoms with Crippen molar-refractivity contribution in [2.45, 2.75) is 0 Å². The molecule has 0 bridgehead atoms. The van der Waals surface area contributed by atoms with Gasteiger partial charge in [0.2, 0.25) is 0 Å². The van der Waals surface area contributed by atoms with Crippen molar-refractivity contribution in [2.24, 2.45) is 0 Å². The summed E-state index contributed by atoms with van der Waals surface area (Å²) in [5.74, 6) is -0.758. The largest absolute Gasteiger partial charge is 0.507 e. The lowest BCUT2D eigenvalue weighted by atomic mass is 10.1. The van der Waals surface area contributed by atoms with E-state index in [1.807, 2.05) is 0 Å². The summed E-state index contributed by atoms with van der Waals surface area (Å²) in [6, 6.07) is 4.25. The van der Waals surface area contributed by atoms with E-state index in [0.29, 0.717) is 26.3 Å². The number of phenolic OH excluding ortho intramolecular Hbond substituents is 2. The van der Waals surface area contributed by atoms with Gasteiger partial charge >= 0.3 is 0 Å². The molecule has 16 heavy (non-hydrogen) atoms. The van der Waals surface area contributed by atoms with Crippen LogP contribution in [0.2, 0.25) is 0 Å². The molecule has 86 valence electrons. The highest BCUT2D eigenvalue weighted by Crippen LogP contribution is 2.27. The first-order valence-corrected chi connectivity index (χ1v) is 5.08. The van der Waals surface area contributed by atoms with E-state index in [-0.39, 0.29) is 23.0 Å². The number of hydrogen-bond donors (Lipinski definition) is 2. The summed E-state index contributed by atoms with van der Waals surface area (Å²) in [5, 5.41) is 19.1. The van der Waals surface area contributed by atoms with Gasteiger partial charge in [0.05, 0.1) is 13.2 Å². The van der Waals surface area contributed by atoms with Crippen LogP contribution in [0, 0.1) is 0 Å². The molecular formula is C11H13NO4. The third kappa shape index (κ3) is 1.94. The molecule has 0 spiro atoms. The van der Waals surface area contributed by atoms with Crippen molar-refractivity contribution in [3.63, 3.8) is 0 Å². The van der Waals surface area contributed by atoms with E-state index < -0.39 is 0 Å². The van der Waals surface area contributed by atoms with Gasteiger partial charge in [-0.2, -0.15) is 0 Å². The van der Waals surface area contributed by atoms with E-state index in [1.165, 1.54) is 18.2 Å². The van der Waals surface area contributed by atoms with Crippen LogP contribution in [0.25, 0.3) is 0 Å². The molecule has 0 unspecified atom stereocenters. The third-order valence-corrected chi connectivity index (χ3v) is 2.53. The molecule has 1 aromatic carbocycles. The molecule has 0 aliphatic carbocycles. The highest BCUT2D eigenvalue weighted by atomic mass is 16.5. The van der Waals surface area contributed by atoms with Crippen LogP contribution < -0.4 is 0 Å². The summed E-state index contributed by atoms with van der Waals surface area (Å²) in [7, 11) is 0. The predicted octanol–water partition coefficient (Wildman–Crippen LogP) is 0.570. The Labute approximate surface area is 92.9 Å². The second kappa shape index (κ2) is 4.40. The van der Waals surface area contributed by atoms with Crippen molar-refractivity contribution >= 4 is 5.91 Å². The molecule has 1 saturated heterocycles. The van der Waals surface area contributed by atoms with Gasteiger partial charge in [-0.25, -0.2) is 0 Å². The number of hydrogen-bond acceptors (Lipinski definition) is 4. The van der Waals surface area contributed by atoms with E-state index in [4.69, 9.17) is 4.74 Å². The van der Waals surface area contributed by atoms with E-state index in [1.54, 1.807) is 4.90 Å². The van der Waals surface area contributed by atoms with Gasteiger partial charge in [-0.15, -0.1) is 0 Å². The molecule has 2 rings (SSSR count). The standard InChI is InChI=1S/C11H13NO4/c13-8-2-1-3-9(14)10(8)11(15)12-4-6-16-7-5-12/h1-3,13-14H,4-7H2. The van der Waals surface area contributed by atoms with E-state index in [2.05, 4.69) is 0 Å². The van der Waals surface area contributed by atoms with Gasteiger partial charge in [0, 0.05) is 13.1 Å². The monoisotopic (exact) mass is 223 g/mol. The number of benzene rings is 1. The number of nitrogens with zero attached hydrogens (tertiary/aromatic N) is 1. The zero-order chi connectivity index (χ0) is 11.5. The topological polar surface area (TPSA) is 70.0 Å². The lowest BCUT2D eigenvalue weighted by Gasteiger charge is -2.27. The zero-order valence-corrected chi connectivity index (χ0v) is 8.72. The predicted molar refractivity (Wildman–Crippen MR) is 56.5 cm³/mol. The molecule has 0 aromatic heterocycles. The molecule has 2 N–H and O–H groups in total. The number of aromatic hydroxyl groups is 2. The normalized spacial score (nSPS) is 16.1. The fourth-order valence-corrected chi connectivity index (χ4v) is 1.67. The van der Waals surface area contributed by atoms with Gasteiger partial charge in [-0.3, -0.25) is 4.79 Å². The second-order valence-corrected chi connectivity index (χ2v) is 3.58. The Morgan fingerprint density at radius 1 is 1.19 bits per heavy atom. The van der Waals surface area contributed by atoms with Gasteiger partial charge in [0.15, 0.2) is 0 Å². The Morgan fingerprint density at radius 3 is 2.31 bits per heavy atom. The van der Waals surface area contributed by atoms with Gasteiger partial charge in [0.25, 0.3) is 5.91 Å². The van der Waals surface area contributed by atoms with Crippen LogP contribution in [0.4, 0.5) is 0 Å². The molecule has 0 radical (unpaired) electrons. The minimum atomic E-state index is -0.362. The van der Waals surface area contributed by atoms with Gasteiger partial charge in [-0.1, -0.05) is 6.07 Å². The van der Waals surface area contributed by atoms with Crippen molar-refractivity contribution in [1.82, 2.24) is 4.90 Å². The number of phenols is 2. The molecule has 1 fully saturated rings. The SMILES string of the molecule is O=C(c1c(O)cccc1O)N1CCOCC1. The van der Waals surface area contributed by atoms with Crippen molar-refractivity contribution in [3.05, 3.63) is 23.8 Å². The highest BCUT2D eigenvalue weighted by Gasteiger charge is 2.23. The van der Waals surface area contributed by atoms with Crippen LogP contribution in [0.15, 0.2) is 18.2 Å². The summed E-state index contributed by atoms with van der Waals surface area (Å²) in [6.45, 7) is 1.93. The average molecular weight is 223 g/mol. The fraction of sp³-hybridized carbons (Fsp3) is 0.364. The number of morpholine rings is 1. The molecule has 1 heterocycles. The lowest BCUT2D eigenvalue weighted by Crippen LogP contribution is -2.40. The van der Waals surface area contributed by atoms with Crippen LogP contribution in [-0.4, -0.2) is 47.3 Å². The van der Waals surface area contributed by atoms with Crippen LogP contribution in [0.5, 0.6) is 11.5 Å². The smallest absolute Gasteiger partial charge is 0.261 e. The Balaban J connectivity index is 2.26. The number of carbonyl (C=O) groups excluding carboxylic acids is 1. The van der Waals surface area contributed by atoms with Crippen molar-refractivity contribution in [1.29, 1.82) is 0 Å². The molecule has 1 aliphatic heterocycles. The summed E-state index contributed by atoms with van der Waals surface area (Å²) in [5.41, 5.74) is -0.0376. The molecule has 0 saturated carbocycles. The van der Waals surface area contributed by atoms with E-state index >= 15 is 0 Å². The third-order valence-electron chi connectivity index (χ3n) is 2.53. The maximum absolute atomic E-state index is 12.0. The molecular weight excluding hydrogens is 210 g/mol. The van der Waals surface area contributed by atoms with E-state index in [9.17, 15) is 15.0 Å². The second-order valence-electron chi connectivity index (χ2n) is 3.58. The molecule has 1 amide bonds. The zero-order valence-electron chi connectivity index (χ0n) is 8.72. The molecule has 1 aromatic rings. The number of carbonyl (C=O) groups is 1. The Kier molecular flexibility index (Phi) is 2.96. The Hall–Kier alpha value is -1.75. The maximum atomic E-state index is 12.0. The van der Waals surface area contributed by atoms with Crippen LogP contribution in [0.1, 0.15) is 10.4 Å². The Bertz CT molecular complexity index is 379. The van der Waals surface area contributed by atoms with Crippen molar-refractivity contribution in [2.75, 3.05) is 26.3 Å². The Morgan fingerprint density at radius 2 is 1.75 bits per heavy atom. The molecule has 1 aliphatic rings. The summed E-state index contributed by atoms with van der Waals surface area (Å²) in [4.78, 5) is 13.5. The van der Waals surface area contributed by atoms with Crippen LogP contribution in [-0.2, 0) is 4.74 Å². The number of rotatable bonds is 1. The van der Waals surface area contributed by atoms with Crippen molar-refractivity contribution in [3.8, 4) is 11.5 Å². The van der Waals surface area contributed by atoms with Gasteiger partial charge in [-0.05, 0) is 12.1 Å². The van der Waals surface area contributed by atoms with E-state index in [0.717, 1.165) is 0 Å². The van der Waals surface area contributed by atoms with Crippen LogP contribution in [0.3, 0.4) is 0 Å². The number of amides is 1. The lowest BCUT2D eigenvalue weighted by molar-refractivity contribution is 0.0299. The maximum Gasteiger partial charge on any atom is 0.261 e. The minimum absolute atomic E-state index is 0.0376. The highest BCUT2D eigenvalue weighted by molar-refractivity contribution is 5.99. The van der Waals surface area contributed by atoms with Crippen molar-refractivity contribution < 1.29 is 19.7 Å². The summed E-state index contributed by atoms with van der Waals surface area (Å²) in [6.07, 6.45) is 0. The van der Waals surface area contributed by atoms with Gasteiger partial charge in [0.1, 0.15) is 17.1 Å². The summed E-state index contributed by atoms with van der Waals surface area (Å²) < 4.78 is 5.13. The first-order valence-electron chi connectivity index (χ1n) is 5.08. The van der Waals surface area contributed by atoms with Gasteiger partial charge < -0.3 is 19.8 Å². The summed E-state index contributed by atoms with van der Waals surface area (Å²) >= 11 is 0. The molecule has 5 heteroatoms. The quantitative estimate of drug-likeness (QED) is 0.730. The minimum Gasteiger partial charge on any atom is -0.507 e. The van der Waals surface area contributed by atoms with Crippen LogP contribution >= 0.6 is 0 Å². The first kappa shape index (κ1) is 10.8. The average Bonchev–Trinajstić information content (AvgIpc) is 2.30. The molecule has 5 nitrogen and oxygen atoms in total. The first-order chi connectivity index (χ1) is 7.70.